The lowest BCUT2D eigenvalue weighted by atomic mass is 10.1. The molecule has 0 unspecified atom stereocenters. The molecule has 3 rings (SSSR count). The minimum absolute atomic E-state index is 0.196. The third-order valence-electron chi connectivity index (χ3n) is 5.49. The lowest BCUT2D eigenvalue weighted by Gasteiger charge is -2.33. The largest absolute Gasteiger partial charge is 0.496 e. The van der Waals surface area contributed by atoms with Gasteiger partial charge < -0.3 is 15.0 Å². The van der Waals surface area contributed by atoms with Crippen molar-refractivity contribution in [3.05, 3.63) is 23.8 Å². The van der Waals surface area contributed by atoms with E-state index in [1.165, 1.54) is 0 Å². The molecule has 2 aliphatic heterocycles. The van der Waals surface area contributed by atoms with Gasteiger partial charge in [0.2, 0.25) is 10.0 Å². The van der Waals surface area contributed by atoms with Crippen molar-refractivity contribution in [3.8, 4) is 5.75 Å². The summed E-state index contributed by atoms with van der Waals surface area (Å²) in [4.78, 5) is 14.2. The number of likely N-dealkylation sites (tertiary alicyclic amines) is 1. The van der Waals surface area contributed by atoms with E-state index in [9.17, 15) is 13.2 Å². The Morgan fingerprint density at radius 1 is 1.19 bits per heavy atom. The Hall–Kier alpha value is -1.80. The van der Waals surface area contributed by atoms with Crippen LogP contribution in [0.2, 0.25) is 0 Å². The lowest BCUT2D eigenvalue weighted by Crippen LogP contribution is -2.47. The monoisotopic (exact) mass is 395 g/mol. The molecule has 0 aliphatic carbocycles. The average Bonchev–Trinajstić information content (AvgIpc) is 3.23. The standard InChI is InChI=1S/C19H29N3O4S/c1-3-15-6-7-16(14-18(15)26-2)20-19(23)21-12-8-17(9-13-21)27(24,25)22-10-4-5-11-22/h6-7,14,17H,3-5,8-13H2,1-2H3,(H,20,23). The number of nitrogens with zero attached hydrogens (tertiary/aromatic N) is 2. The quantitative estimate of drug-likeness (QED) is 0.831. The Morgan fingerprint density at radius 2 is 1.85 bits per heavy atom. The number of sulfonamides is 1. The van der Waals surface area contributed by atoms with Gasteiger partial charge in [-0.25, -0.2) is 17.5 Å². The predicted molar refractivity (Wildman–Crippen MR) is 106 cm³/mol. The van der Waals surface area contributed by atoms with Crippen LogP contribution in [0.1, 0.15) is 38.2 Å². The van der Waals surface area contributed by atoms with Gasteiger partial charge in [-0.1, -0.05) is 13.0 Å². The predicted octanol–water partition coefficient (Wildman–Crippen LogP) is 2.68. The molecule has 2 saturated heterocycles. The number of anilines is 1. The summed E-state index contributed by atoms with van der Waals surface area (Å²) in [5, 5.41) is 2.52. The van der Waals surface area contributed by atoms with Crippen molar-refractivity contribution in [3.63, 3.8) is 0 Å². The number of hydrogen-bond donors (Lipinski definition) is 1. The van der Waals surface area contributed by atoms with Crippen LogP contribution in [0.4, 0.5) is 10.5 Å². The summed E-state index contributed by atoms with van der Waals surface area (Å²) < 4.78 is 32.3. The molecule has 8 heteroatoms. The van der Waals surface area contributed by atoms with Gasteiger partial charge in [0.15, 0.2) is 0 Å². The van der Waals surface area contributed by atoms with Crippen molar-refractivity contribution in [1.82, 2.24) is 9.21 Å². The first-order chi connectivity index (χ1) is 13.0. The van der Waals surface area contributed by atoms with E-state index in [2.05, 4.69) is 12.2 Å². The van der Waals surface area contributed by atoms with Crippen LogP contribution in [0, 0.1) is 0 Å². The second-order valence-corrected chi connectivity index (χ2v) is 9.36. The highest BCUT2D eigenvalue weighted by Gasteiger charge is 2.36. The number of carbonyl (C=O) groups excluding carboxylic acids is 1. The topological polar surface area (TPSA) is 79.0 Å². The molecule has 0 radical (unpaired) electrons. The lowest BCUT2D eigenvalue weighted by molar-refractivity contribution is 0.199. The van der Waals surface area contributed by atoms with Crippen LogP contribution in [0.15, 0.2) is 18.2 Å². The van der Waals surface area contributed by atoms with Crippen molar-refractivity contribution in [2.75, 3.05) is 38.6 Å². The van der Waals surface area contributed by atoms with Gasteiger partial charge in [0.1, 0.15) is 5.75 Å². The van der Waals surface area contributed by atoms with Gasteiger partial charge in [0.25, 0.3) is 0 Å². The molecule has 0 atom stereocenters. The molecule has 1 N–H and O–H groups in total. The second kappa shape index (κ2) is 8.48. The van der Waals surface area contributed by atoms with E-state index >= 15 is 0 Å². The zero-order valence-corrected chi connectivity index (χ0v) is 16.9. The van der Waals surface area contributed by atoms with Crippen molar-refractivity contribution < 1.29 is 17.9 Å². The van der Waals surface area contributed by atoms with Crippen LogP contribution >= 0.6 is 0 Å². The Labute approximate surface area is 161 Å². The number of rotatable bonds is 5. The highest BCUT2D eigenvalue weighted by atomic mass is 32.2. The summed E-state index contributed by atoms with van der Waals surface area (Å²) in [7, 11) is -1.61. The molecule has 0 aromatic heterocycles. The molecule has 7 nitrogen and oxygen atoms in total. The molecule has 1 aromatic rings. The number of urea groups is 1. The number of amides is 2. The fourth-order valence-electron chi connectivity index (χ4n) is 3.83. The van der Waals surface area contributed by atoms with E-state index in [1.807, 2.05) is 18.2 Å². The van der Waals surface area contributed by atoms with Gasteiger partial charge >= 0.3 is 6.03 Å². The molecular formula is C19H29N3O4S. The SMILES string of the molecule is CCc1ccc(NC(=O)N2CCC(S(=O)(=O)N3CCCC3)CC2)cc1OC. The zero-order chi connectivity index (χ0) is 19.4. The van der Waals surface area contributed by atoms with Gasteiger partial charge in [0.05, 0.1) is 12.4 Å². The van der Waals surface area contributed by atoms with E-state index in [0.29, 0.717) is 44.7 Å². The first-order valence-corrected chi connectivity index (χ1v) is 11.2. The van der Waals surface area contributed by atoms with Gasteiger partial charge in [-0.15, -0.1) is 0 Å². The second-order valence-electron chi connectivity index (χ2n) is 7.15. The van der Waals surface area contributed by atoms with Gasteiger partial charge in [-0.3, -0.25) is 0 Å². The number of ether oxygens (including phenoxy) is 1. The van der Waals surface area contributed by atoms with Crippen molar-refractivity contribution >= 4 is 21.7 Å². The maximum atomic E-state index is 12.7. The number of aryl methyl sites for hydroxylation is 1. The molecule has 150 valence electrons. The number of carbonyl (C=O) groups is 1. The van der Waals surface area contributed by atoms with Crippen LogP contribution in [0.5, 0.6) is 5.75 Å². The van der Waals surface area contributed by atoms with Gasteiger partial charge in [-0.2, -0.15) is 0 Å². The number of methoxy groups -OCH3 is 1. The molecule has 0 saturated carbocycles. The maximum absolute atomic E-state index is 12.7. The van der Waals surface area contributed by atoms with Crippen LogP contribution in [0.25, 0.3) is 0 Å². The number of nitrogens with one attached hydrogen (secondary N) is 1. The van der Waals surface area contributed by atoms with E-state index in [1.54, 1.807) is 16.3 Å². The molecule has 2 aliphatic rings. The summed E-state index contributed by atoms with van der Waals surface area (Å²) in [6.45, 7) is 4.23. The molecule has 0 spiro atoms. The van der Waals surface area contributed by atoms with Crippen LogP contribution in [-0.2, 0) is 16.4 Å². The Kier molecular flexibility index (Phi) is 6.26. The first-order valence-electron chi connectivity index (χ1n) is 9.67. The number of piperidine rings is 1. The summed E-state index contributed by atoms with van der Waals surface area (Å²) in [6, 6.07) is 5.44. The molecule has 1 aromatic carbocycles. The van der Waals surface area contributed by atoms with Crippen molar-refractivity contribution in [1.29, 1.82) is 0 Å². The van der Waals surface area contributed by atoms with Crippen LogP contribution in [0.3, 0.4) is 0 Å². The normalized spacial score (nSPS) is 19.3. The molecule has 2 fully saturated rings. The highest BCUT2D eigenvalue weighted by molar-refractivity contribution is 7.89. The Morgan fingerprint density at radius 3 is 2.44 bits per heavy atom. The molecule has 2 amide bonds. The summed E-state index contributed by atoms with van der Waals surface area (Å²) in [6.07, 6.45) is 3.73. The average molecular weight is 396 g/mol. The van der Waals surface area contributed by atoms with Crippen LogP contribution < -0.4 is 10.1 Å². The minimum Gasteiger partial charge on any atom is -0.496 e. The maximum Gasteiger partial charge on any atom is 0.321 e. The fourth-order valence-corrected chi connectivity index (χ4v) is 5.82. The number of benzene rings is 1. The summed E-state index contributed by atoms with van der Waals surface area (Å²) in [5.41, 5.74) is 1.77. The van der Waals surface area contributed by atoms with Gasteiger partial charge in [0, 0.05) is 37.9 Å². The molecule has 2 heterocycles. The minimum atomic E-state index is -3.23. The van der Waals surface area contributed by atoms with Crippen molar-refractivity contribution in [2.24, 2.45) is 0 Å². The Balaban J connectivity index is 1.57. The molecule has 0 bridgehead atoms. The van der Waals surface area contributed by atoms with E-state index < -0.39 is 10.0 Å². The number of hydrogen-bond acceptors (Lipinski definition) is 4. The smallest absolute Gasteiger partial charge is 0.321 e. The first kappa shape index (κ1) is 19.9. The van der Waals surface area contributed by atoms with Gasteiger partial charge in [-0.05, 0) is 43.7 Å². The van der Waals surface area contributed by atoms with E-state index in [0.717, 1.165) is 30.6 Å². The third kappa shape index (κ3) is 4.38. The van der Waals surface area contributed by atoms with E-state index in [4.69, 9.17) is 4.74 Å². The summed E-state index contributed by atoms with van der Waals surface area (Å²) >= 11 is 0. The zero-order valence-electron chi connectivity index (χ0n) is 16.1. The van der Waals surface area contributed by atoms with E-state index in [-0.39, 0.29) is 11.3 Å². The third-order valence-corrected chi connectivity index (χ3v) is 7.89. The Bertz CT molecular complexity index is 767. The van der Waals surface area contributed by atoms with Crippen molar-refractivity contribution in [2.45, 2.75) is 44.3 Å². The summed E-state index contributed by atoms with van der Waals surface area (Å²) in [5.74, 6) is 0.755. The highest BCUT2D eigenvalue weighted by Crippen LogP contribution is 2.26. The fraction of sp³-hybridized carbons (Fsp3) is 0.632. The van der Waals surface area contributed by atoms with Crippen LogP contribution in [-0.4, -0.2) is 62.2 Å². The molecular weight excluding hydrogens is 366 g/mol. The molecule has 27 heavy (non-hydrogen) atoms.